The third-order valence-electron chi connectivity index (χ3n) is 1.22. The topological polar surface area (TPSA) is 3.24 Å². The summed E-state index contributed by atoms with van der Waals surface area (Å²) < 4.78 is 0. The van der Waals surface area contributed by atoms with E-state index >= 15 is 0 Å². The Kier molecular flexibility index (Phi) is 8.40. The van der Waals surface area contributed by atoms with E-state index in [4.69, 9.17) is 0 Å². The second-order valence-electron chi connectivity index (χ2n) is 2.12. The molecule has 0 aliphatic rings. The van der Waals surface area contributed by atoms with Crippen LogP contribution in [0.1, 0.15) is 13.8 Å². The van der Waals surface area contributed by atoms with Gasteiger partial charge in [-0.3, -0.25) is 4.90 Å². The third kappa shape index (κ3) is 6.84. The molecule has 0 spiro atoms. The third-order valence-corrected chi connectivity index (χ3v) is 3.59. The van der Waals surface area contributed by atoms with Gasteiger partial charge in [0.15, 0.2) is 0 Å². The summed E-state index contributed by atoms with van der Waals surface area (Å²) >= 11 is 4.00. The molecule has 4 heteroatoms. The maximum Gasteiger partial charge on any atom is 0.257 e. The van der Waals surface area contributed by atoms with E-state index in [1.54, 1.807) is 0 Å². The van der Waals surface area contributed by atoms with E-state index in [1.807, 2.05) is 23.2 Å². The maximum absolute atomic E-state index is 2.32. The molecule has 0 saturated carbocycles. The predicted octanol–water partition coefficient (Wildman–Crippen LogP) is 1.65. The Hall–Kier alpha value is 0.725. The molecule has 0 radical (unpaired) electrons. The van der Waals surface area contributed by atoms with Gasteiger partial charge in [-0.05, 0) is 19.3 Å². The van der Waals surface area contributed by atoms with Crippen LogP contribution in [-0.2, 0) is 0 Å². The van der Waals surface area contributed by atoms with E-state index in [1.165, 1.54) is 17.5 Å². The fourth-order valence-corrected chi connectivity index (χ4v) is 2.36. The lowest BCUT2D eigenvalue weighted by Gasteiger charge is -2.11. The highest BCUT2D eigenvalue weighted by Gasteiger charge is 1.94. The Bertz CT molecular complexity index is 72.8. The second-order valence-corrected chi connectivity index (χ2v) is 4.71. The molecule has 0 bridgehead atoms. The van der Waals surface area contributed by atoms with Crippen LogP contribution in [0.5, 0.6) is 0 Å². The van der Waals surface area contributed by atoms with Crippen LogP contribution >= 0.6 is 23.2 Å². The Labute approximate surface area is 73.4 Å². The molecule has 0 rings (SSSR count). The molecule has 0 unspecified atom stereocenters. The highest BCUT2D eigenvalue weighted by molar-refractivity contribution is 8.50. The van der Waals surface area contributed by atoms with Gasteiger partial charge in [0.25, 0.3) is 5.84 Å². The van der Waals surface area contributed by atoms with Gasteiger partial charge in [0, 0.05) is 5.88 Å². The van der Waals surface area contributed by atoms with Crippen LogP contribution in [0.3, 0.4) is 0 Å². The van der Waals surface area contributed by atoms with Gasteiger partial charge in [0.2, 0.25) is 0 Å². The van der Waals surface area contributed by atoms with E-state index in [0.717, 1.165) is 6.54 Å². The lowest BCUT2D eigenvalue weighted by Crippen LogP contribution is -2.16. The van der Waals surface area contributed by atoms with E-state index in [2.05, 4.69) is 25.8 Å². The van der Waals surface area contributed by atoms with Gasteiger partial charge < -0.3 is 0 Å². The minimum atomic E-state index is 1.16. The van der Waals surface area contributed by atoms with E-state index < -0.39 is 0 Å². The first-order chi connectivity index (χ1) is 4.81. The summed E-state index contributed by atoms with van der Waals surface area (Å²) in [5.41, 5.74) is 0. The van der Waals surface area contributed by atoms with Gasteiger partial charge in [-0.25, -0.2) is 0 Å². The summed E-state index contributed by atoms with van der Waals surface area (Å²) in [5.74, 6) is 3.65. The zero-order chi connectivity index (χ0) is 7.82. The molecule has 0 aromatic heterocycles. The summed E-state index contributed by atoms with van der Waals surface area (Å²) in [5, 5.41) is 0. The molecule has 0 atom stereocenters. The van der Waals surface area contributed by atoms with Crippen molar-refractivity contribution in [3.05, 3.63) is 0 Å². The van der Waals surface area contributed by atoms with Crippen LogP contribution in [0, 0.1) is 0 Å². The fraction of sp³-hybridized carbons (Fsp3) is 1.00. The molecule has 0 N–H and O–H groups in total. The molecule has 0 aliphatic carbocycles. The quantitative estimate of drug-likeness (QED) is 0.345. The Morgan fingerprint density at radius 1 is 1.30 bits per heavy atom. The van der Waals surface area contributed by atoms with Crippen LogP contribution < -0.4 is 0 Å². The minimum absolute atomic E-state index is 1.16. The van der Waals surface area contributed by atoms with E-state index in [-0.39, 0.29) is 0 Å². The Balaban J connectivity index is 2.89. The SMILES string of the molecule is CCSBSCN(C)CC. The van der Waals surface area contributed by atoms with Crippen molar-refractivity contribution in [2.45, 2.75) is 13.8 Å². The molecule has 10 heavy (non-hydrogen) atoms. The first-order valence-corrected chi connectivity index (χ1v) is 5.96. The van der Waals surface area contributed by atoms with Gasteiger partial charge in [-0.2, -0.15) is 23.2 Å². The van der Waals surface area contributed by atoms with Gasteiger partial charge in [0.1, 0.15) is 0 Å². The van der Waals surface area contributed by atoms with Crippen molar-refractivity contribution in [3.63, 3.8) is 0 Å². The zero-order valence-corrected chi connectivity index (χ0v) is 8.73. The summed E-state index contributed by atoms with van der Waals surface area (Å²) in [4.78, 5) is 2.32. The summed E-state index contributed by atoms with van der Waals surface area (Å²) in [6.07, 6.45) is 0. The normalized spacial score (nSPS) is 10.4. The van der Waals surface area contributed by atoms with Gasteiger partial charge in [-0.15, -0.1) is 0 Å². The van der Waals surface area contributed by atoms with Crippen molar-refractivity contribution in [2.24, 2.45) is 0 Å². The average molecular weight is 177 g/mol. The fourth-order valence-electron chi connectivity index (χ4n) is 0.427. The van der Waals surface area contributed by atoms with Gasteiger partial charge in [-0.1, -0.05) is 13.8 Å². The zero-order valence-electron chi connectivity index (χ0n) is 7.09. The van der Waals surface area contributed by atoms with Crippen LogP contribution in [0.2, 0.25) is 0 Å². The van der Waals surface area contributed by atoms with Crippen LogP contribution in [0.15, 0.2) is 0 Å². The van der Waals surface area contributed by atoms with Crippen molar-refractivity contribution in [3.8, 4) is 0 Å². The first kappa shape index (κ1) is 10.7. The molecule has 0 heterocycles. The van der Waals surface area contributed by atoms with E-state index in [9.17, 15) is 0 Å². The standard InChI is InChI=1S/C6H16BNS2/c1-4-8(3)6-10-7-9-5-2/h7H,4-6H2,1-3H3. The highest BCUT2D eigenvalue weighted by Crippen LogP contribution is 2.08. The molecule has 0 aromatic carbocycles. The Morgan fingerprint density at radius 3 is 2.50 bits per heavy atom. The van der Waals surface area contributed by atoms with Crippen LogP contribution in [0.4, 0.5) is 0 Å². The van der Waals surface area contributed by atoms with Gasteiger partial charge >= 0.3 is 0 Å². The van der Waals surface area contributed by atoms with Crippen molar-refractivity contribution >= 4 is 29.1 Å². The Morgan fingerprint density at radius 2 is 2.00 bits per heavy atom. The molecule has 0 amide bonds. The molecule has 60 valence electrons. The van der Waals surface area contributed by atoms with E-state index in [0.29, 0.717) is 0 Å². The van der Waals surface area contributed by atoms with Crippen molar-refractivity contribution in [1.29, 1.82) is 0 Å². The van der Waals surface area contributed by atoms with Crippen molar-refractivity contribution < 1.29 is 0 Å². The first-order valence-electron chi connectivity index (χ1n) is 3.65. The van der Waals surface area contributed by atoms with Gasteiger partial charge in [0.05, 0.1) is 0 Å². The summed E-state index contributed by atoms with van der Waals surface area (Å²) in [6.45, 7) is 5.55. The number of rotatable bonds is 6. The molecule has 1 nitrogen and oxygen atoms in total. The second kappa shape index (κ2) is 7.83. The molecule has 0 aliphatic heterocycles. The molecule has 0 fully saturated rings. The molecule has 0 saturated heterocycles. The van der Waals surface area contributed by atoms with Crippen LogP contribution in [0.25, 0.3) is 0 Å². The molecule has 0 aromatic rings. The summed E-state index contributed by atoms with van der Waals surface area (Å²) in [7, 11) is 2.16. The number of hydrogen-bond donors (Lipinski definition) is 0. The monoisotopic (exact) mass is 177 g/mol. The molecular weight excluding hydrogens is 161 g/mol. The maximum atomic E-state index is 2.32. The summed E-state index contributed by atoms with van der Waals surface area (Å²) in [6, 6.07) is 0. The lowest BCUT2D eigenvalue weighted by molar-refractivity contribution is 0.417. The minimum Gasteiger partial charge on any atom is -0.298 e. The largest absolute Gasteiger partial charge is 0.298 e. The van der Waals surface area contributed by atoms with Crippen molar-refractivity contribution in [2.75, 3.05) is 25.2 Å². The highest BCUT2D eigenvalue weighted by atomic mass is 32.2. The predicted molar refractivity (Wildman–Crippen MR) is 56.0 cm³/mol. The average Bonchev–Trinajstić information content (AvgIpc) is 1.98. The van der Waals surface area contributed by atoms with Crippen LogP contribution in [-0.4, -0.2) is 36.0 Å². The smallest absolute Gasteiger partial charge is 0.257 e. The number of nitrogens with zero attached hydrogens (tertiary/aromatic N) is 1. The lowest BCUT2D eigenvalue weighted by atomic mass is 10.7. The van der Waals surface area contributed by atoms with Crippen molar-refractivity contribution in [1.82, 2.24) is 4.90 Å². The molecular formula is C6H16BNS2. The number of hydrogen-bond acceptors (Lipinski definition) is 3.